The number of anilines is 2. The summed E-state index contributed by atoms with van der Waals surface area (Å²) < 4.78 is 7.21. The molecule has 1 fully saturated rings. The molecule has 1 aromatic carbocycles. The summed E-state index contributed by atoms with van der Waals surface area (Å²) in [4.78, 5) is 43.5. The van der Waals surface area contributed by atoms with Crippen molar-refractivity contribution in [2.24, 2.45) is 5.92 Å². The lowest BCUT2D eigenvalue weighted by Crippen LogP contribution is -2.33. The van der Waals surface area contributed by atoms with Crippen LogP contribution in [0.15, 0.2) is 41.5 Å². The van der Waals surface area contributed by atoms with Crippen molar-refractivity contribution in [1.82, 2.24) is 19.2 Å². The summed E-state index contributed by atoms with van der Waals surface area (Å²) >= 11 is 0. The molecule has 0 aliphatic carbocycles. The Bertz CT molecular complexity index is 1180. The van der Waals surface area contributed by atoms with E-state index in [0.717, 1.165) is 30.6 Å². The van der Waals surface area contributed by atoms with Gasteiger partial charge in [0.15, 0.2) is 5.82 Å². The molecule has 1 aliphatic heterocycles. The fraction of sp³-hybridized carbons (Fsp3) is 0.381. The molecule has 3 heterocycles. The van der Waals surface area contributed by atoms with Crippen LogP contribution in [0, 0.1) is 5.92 Å². The van der Waals surface area contributed by atoms with Crippen LogP contribution >= 0.6 is 0 Å². The maximum absolute atomic E-state index is 12.8. The number of piperidine rings is 1. The lowest BCUT2D eigenvalue weighted by Gasteiger charge is -2.30. The lowest BCUT2D eigenvalue weighted by atomic mass is 9.99. The number of benzene rings is 1. The summed E-state index contributed by atoms with van der Waals surface area (Å²) in [5, 5.41) is 7.06. The van der Waals surface area contributed by atoms with Gasteiger partial charge in [-0.15, -0.1) is 5.10 Å². The highest BCUT2D eigenvalue weighted by Crippen LogP contribution is 2.23. The molecule has 4 rings (SSSR count). The number of amides is 1. The van der Waals surface area contributed by atoms with Crippen molar-refractivity contribution in [2.45, 2.75) is 26.3 Å². The summed E-state index contributed by atoms with van der Waals surface area (Å²) in [5.74, 6) is 0.377. The number of hydrogen-bond acceptors (Lipinski definition) is 7. The second-order valence-electron chi connectivity index (χ2n) is 7.67. The highest BCUT2D eigenvalue weighted by atomic mass is 16.5. The number of carbonyl (C=O) groups excluding carboxylic acids is 2. The number of methoxy groups -OCH3 is 1. The predicted molar refractivity (Wildman–Crippen MR) is 114 cm³/mol. The molecule has 1 aliphatic rings. The Kier molecular flexibility index (Phi) is 5.70. The average Bonchev–Trinajstić information content (AvgIpc) is 3.09. The normalized spacial score (nSPS) is 14.6. The first kappa shape index (κ1) is 20.6. The molecule has 2 aromatic heterocycles. The predicted octanol–water partition coefficient (Wildman–Crippen LogP) is 1.55. The SMILES string of the molecule is COC(=O)c1cccc(NC(=O)Cn2nc3c(N4CCC(C)CC4)nccn3c2=O)c1. The Balaban J connectivity index is 1.54. The van der Waals surface area contributed by atoms with Crippen LogP contribution in [0.4, 0.5) is 11.5 Å². The molecule has 1 saturated heterocycles. The zero-order chi connectivity index (χ0) is 22.0. The Morgan fingerprint density at radius 2 is 2.03 bits per heavy atom. The van der Waals surface area contributed by atoms with E-state index in [0.29, 0.717) is 28.6 Å². The molecule has 0 spiro atoms. The Labute approximate surface area is 178 Å². The number of esters is 1. The van der Waals surface area contributed by atoms with E-state index in [2.05, 4.69) is 32.0 Å². The topological polar surface area (TPSA) is 111 Å². The minimum Gasteiger partial charge on any atom is -0.465 e. The molecule has 1 N–H and O–H groups in total. The molecule has 10 nitrogen and oxygen atoms in total. The van der Waals surface area contributed by atoms with Crippen molar-refractivity contribution in [1.29, 1.82) is 0 Å². The Morgan fingerprint density at radius 3 is 2.77 bits per heavy atom. The van der Waals surface area contributed by atoms with Gasteiger partial charge in [-0.05, 0) is 37.0 Å². The number of ether oxygens (including phenoxy) is 1. The minimum absolute atomic E-state index is 0.264. The fourth-order valence-electron chi connectivity index (χ4n) is 3.66. The van der Waals surface area contributed by atoms with E-state index in [4.69, 9.17) is 0 Å². The van der Waals surface area contributed by atoms with E-state index in [9.17, 15) is 14.4 Å². The number of rotatable bonds is 5. The zero-order valence-corrected chi connectivity index (χ0v) is 17.4. The van der Waals surface area contributed by atoms with Crippen LogP contribution in [0.2, 0.25) is 0 Å². The first-order valence-corrected chi connectivity index (χ1v) is 10.1. The Hall–Kier alpha value is -3.69. The first-order valence-electron chi connectivity index (χ1n) is 10.1. The van der Waals surface area contributed by atoms with Gasteiger partial charge in [0.25, 0.3) is 0 Å². The van der Waals surface area contributed by atoms with Gasteiger partial charge in [-0.1, -0.05) is 13.0 Å². The third-order valence-electron chi connectivity index (χ3n) is 5.43. The standard InChI is InChI=1S/C21H24N6O4/c1-14-6-9-25(10-7-14)18-19-24-27(21(30)26(19)11-8-22-18)13-17(28)23-16-5-3-4-15(12-16)20(29)31-2/h3-5,8,11-12,14H,6-7,9-10,13H2,1-2H3,(H,23,28). The fourth-order valence-corrected chi connectivity index (χ4v) is 3.66. The van der Waals surface area contributed by atoms with Crippen molar-refractivity contribution >= 4 is 29.0 Å². The van der Waals surface area contributed by atoms with E-state index in [-0.39, 0.29) is 6.54 Å². The van der Waals surface area contributed by atoms with Crippen LogP contribution in [0.1, 0.15) is 30.1 Å². The van der Waals surface area contributed by atoms with Crippen LogP contribution in [0.3, 0.4) is 0 Å². The van der Waals surface area contributed by atoms with Gasteiger partial charge in [0.2, 0.25) is 11.6 Å². The monoisotopic (exact) mass is 424 g/mol. The molecule has 3 aromatic rings. The molecular weight excluding hydrogens is 400 g/mol. The average molecular weight is 424 g/mol. The van der Waals surface area contributed by atoms with Crippen LogP contribution in [-0.4, -0.2) is 51.2 Å². The molecule has 0 bridgehead atoms. The molecule has 0 saturated carbocycles. The second kappa shape index (κ2) is 8.58. The van der Waals surface area contributed by atoms with Crippen LogP contribution in [0.5, 0.6) is 0 Å². The maximum atomic E-state index is 12.8. The van der Waals surface area contributed by atoms with Gasteiger partial charge in [-0.2, -0.15) is 0 Å². The van der Waals surface area contributed by atoms with Gasteiger partial charge in [-0.3, -0.25) is 4.79 Å². The second-order valence-corrected chi connectivity index (χ2v) is 7.67. The number of aromatic nitrogens is 4. The number of nitrogens with zero attached hydrogens (tertiary/aromatic N) is 5. The zero-order valence-electron chi connectivity index (χ0n) is 17.4. The highest BCUT2D eigenvalue weighted by molar-refractivity contribution is 5.94. The summed E-state index contributed by atoms with van der Waals surface area (Å²) in [7, 11) is 1.29. The summed E-state index contributed by atoms with van der Waals surface area (Å²) in [6, 6.07) is 6.38. The molecule has 0 unspecified atom stereocenters. The Morgan fingerprint density at radius 1 is 1.26 bits per heavy atom. The number of nitrogens with one attached hydrogen (secondary N) is 1. The van der Waals surface area contributed by atoms with E-state index >= 15 is 0 Å². The highest BCUT2D eigenvalue weighted by Gasteiger charge is 2.22. The lowest BCUT2D eigenvalue weighted by molar-refractivity contribution is -0.117. The summed E-state index contributed by atoms with van der Waals surface area (Å²) in [5.41, 5.74) is 0.760. The largest absolute Gasteiger partial charge is 0.465 e. The van der Waals surface area contributed by atoms with Crippen molar-refractivity contribution < 1.29 is 14.3 Å². The molecule has 0 radical (unpaired) electrons. The molecule has 31 heavy (non-hydrogen) atoms. The van der Waals surface area contributed by atoms with Crippen LogP contribution in [-0.2, 0) is 16.1 Å². The first-order chi connectivity index (χ1) is 15.0. The third kappa shape index (κ3) is 4.27. The van der Waals surface area contributed by atoms with E-state index in [1.54, 1.807) is 30.6 Å². The van der Waals surface area contributed by atoms with E-state index in [1.807, 2.05) is 0 Å². The molecular formula is C21H24N6O4. The molecule has 162 valence electrons. The van der Waals surface area contributed by atoms with Gasteiger partial charge in [-0.25, -0.2) is 23.7 Å². The van der Waals surface area contributed by atoms with Crippen molar-refractivity contribution in [3.8, 4) is 0 Å². The maximum Gasteiger partial charge on any atom is 0.350 e. The van der Waals surface area contributed by atoms with Gasteiger partial charge < -0.3 is 15.0 Å². The smallest absolute Gasteiger partial charge is 0.350 e. The van der Waals surface area contributed by atoms with Crippen molar-refractivity contribution in [3.05, 3.63) is 52.7 Å². The number of carbonyl (C=O) groups is 2. The van der Waals surface area contributed by atoms with Gasteiger partial charge >= 0.3 is 11.7 Å². The van der Waals surface area contributed by atoms with Gasteiger partial charge in [0, 0.05) is 31.2 Å². The van der Waals surface area contributed by atoms with Crippen LogP contribution in [0.25, 0.3) is 5.65 Å². The summed E-state index contributed by atoms with van der Waals surface area (Å²) in [6.07, 6.45) is 5.24. The van der Waals surface area contributed by atoms with Crippen LogP contribution < -0.4 is 15.9 Å². The van der Waals surface area contributed by atoms with Crippen molar-refractivity contribution in [3.63, 3.8) is 0 Å². The van der Waals surface area contributed by atoms with E-state index in [1.165, 1.54) is 17.6 Å². The molecule has 10 heteroatoms. The minimum atomic E-state index is -0.500. The van der Waals surface area contributed by atoms with Gasteiger partial charge in [0.1, 0.15) is 6.54 Å². The number of fused-ring (bicyclic) bond motifs is 1. The molecule has 0 atom stereocenters. The van der Waals surface area contributed by atoms with Crippen molar-refractivity contribution in [2.75, 3.05) is 30.4 Å². The summed E-state index contributed by atoms with van der Waals surface area (Å²) in [6.45, 7) is 3.67. The third-order valence-corrected chi connectivity index (χ3v) is 5.43. The van der Waals surface area contributed by atoms with Gasteiger partial charge in [0.05, 0.1) is 12.7 Å². The quantitative estimate of drug-likeness (QED) is 0.619. The molecule has 1 amide bonds. The number of hydrogen-bond donors (Lipinski definition) is 1. The van der Waals surface area contributed by atoms with E-state index < -0.39 is 17.6 Å².